The molecule has 0 aliphatic carbocycles. The van der Waals surface area contributed by atoms with Gasteiger partial charge in [-0.25, -0.2) is 4.79 Å². The van der Waals surface area contributed by atoms with E-state index in [-0.39, 0.29) is 37.0 Å². The SMILES string of the molecule is CC(=O)CCC(=O)N1CCCN(C(=O)CNC(=O)OC(C)(C)C)CC1. The monoisotopic (exact) mass is 355 g/mol. The van der Waals surface area contributed by atoms with Crippen LogP contribution < -0.4 is 5.32 Å². The quantitative estimate of drug-likeness (QED) is 0.792. The number of nitrogens with zero attached hydrogens (tertiary/aromatic N) is 2. The fraction of sp³-hybridized carbons (Fsp3) is 0.765. The van der Waals surface area contributed by atoms with Crippen LogP contribution in [0, 0.1) is 0 Å². The van der Waals surface area contributed by atoms with E-state index in [2.05, 4.69) is 5.32 Å². The number of carbonyl (C=O) groups is 4. The Balaban J connectivity index is 2.40. The van der Waals surface area contributed by atoms with Crippen LogP contribution in [-0.2, 0) is 19.1 Å². The summed E-state index contributed by atoms with van der Waals surface area (Å²) in [4.78, 5) is 50.2. The zero-order valence-electron chi connectivity index (χ0n) is 15.6. The minimum atomic E-state index is -0.628. The molecule has 8 heteroatoms. The lowest BCUT2D eigenvalue weighted by molar-refractivity contribution is -0.134. The van der Waals surface area contributed by atoms with Crippen LogP contribution in [0.3, 0.4) is 0 Å². The lowest BCUT2D eigenvalue weighted by Gasteiger charge is -2.23. The average Bonchev–Trinajstić information content (AvgIpc) is 2.74. The molecule has 0 radical (unpaired) electrons. The summed E-state index contributed by atoms with van der Waals surface area (Å²) in [5.41, 5.74) is -0.615. The van der Waals surface area contributed by atoms with Crippen molar-refractivity contribution in [1.82, 2.24) is 15.1 Å². The first-order chi connectivity index (χ1) is 11.6. The lowest BCUT2D eigenvalue weighted by atomic mass is 10.2. The second kappa shape index (κ2) is 9.39. The van der Waals surface area contributed by atoms with Gasteiger partial charge in [-0.1, -0.05) is 0 Å². The van der Waals surface area contributed by atoms with Crippen LogP contribution in [0.25, 0.3) is 0 Å². The molecule has 0 saturated carbocycles. The fourth-order valence-corrected chi connectivity index (χ4v) is 2.43. The number of ether oxygens (including phenoxy) is 1. The maximum absolute atomic E-state index is 12.2. The molecule has 1 heterocycles. The van der Waals surface area contributed by atoms with Gasteiger partial charge in [-0.15, -0.1) is 0 Å². The van der Waals surface area contributed by atoms with Crippen molar-refractivity contribution in [2.75, 3.05) is 32.7 Å². The molecule has 25 heavy (non-hydrogen) atoms. The molecule has 0 atom stereocenters. The second-order valence-electron chi connectivity index (χ2n) is 7.17. The Labute approximate surface area is 148 Å². The van der Waals surface area contributed by atoms with Gasteiger partial charge in [-0.2, -0.15) is 0 Å². The van der Waals surface area contributed by atoms with Crippen molar-refractivity contribution < 1.29 is 23.9 Å². The number of rotatable bonds is 5. The Hall–Kier alpha value is -2.12. The van der Waals surface area contributed by atoms with Crippen LogP contribution in [0.15, 0.2) is 0 Å². The zero-order valence-corrected chi connectivity index (χ0v) is 15.6. The number of hydrogen-bond donors (Lipinski definition) is 1. The lowest BCUT2D eigenvalue weighted by Crippen LogP contribution is -2.43. The number of amides is 3. The highest BCUT2D eigenvalue weighted by Crippen LogP contribution is 2.08. The predicted molar refractivity (Wildman–Crippen MR) is 91.9 cm³/mol. The fourth-order valence-electron chi connectivity index (χ4n) is 2.43. The van der Waals surface area contributed by atoms with E-state index in [0.29, 0.717) is 32.6 Å². The summed E-state index contributed by atoms with van der Waals surface area (Å²) in [7, 11) is 0. The number of nitrogens with one attached hydrogen (secondary N) is 1. The van der Waals surface area contributed by atoms with Gasteiger partial charge in [-0.05, 0) is 34.1 Å². The van der Waals surface area contributed by atoms with Crippen molar-refractivity contribution in [1.29, 1.82) is 0 Å². The number of ketones is 1. The molecule has 3 amide bonds. The van der Waals surface area contributed by atoms with Gasteiger partial charge in [0.15, 0.2) is 0 Å². The van der Waals surface area contributed by atoms with Gasteiger partial charge in [0.2, 0.25) is 11.8 Å². The standard InChI is InChI=1S/C17H29N3O5/c1-13(21)6-7-14(22)19-8-5-9-20(11-10-19)15(23)12-18-16(24)25-17(2,3)4/h5-12H2,1-4H3,(H,18,24). The maximum Gasteiger partial charge on any atom is 0.408 e. The summed E-state index contributed by atoms with van der Waals surface area (Å²) in [6.45, 7) is 8.55. The van der Waals surface area contributed by atoms with E-state index in [1.807, 2.05) is 0 Å². The first-order valence-electron chi connectivity index (χ1n) is 8.60. The van der Waals surface area contributed by atoms with Gasteiger partial charge in [0.25, 0.3) is 0 Å². The van der Waals surface area contributed by atoms with Gasteiger partial charge in [0.1, 0.15) is 17.9 Å². The molecule has 142 valence electrons. The average molecular weight is 355 g/mol. The predicted octanol–water partition coefficient (Wildman–Crippen LogP) is 0.941. The molecule has 1 saturated heterocycles. The molecule has 1 N–H and O–H groups in total. The third kappa shape index (κ3) is 8.51. The molecule has 1 aliphatic heterocycles. The van der Waals surface area contributed by atoms with Crippen molar-refractivity contribution in [3.05, 3.63) is 0 Å². The van der Waals surface area contributed by atoms with Gasteiger partial charge >= 0.3 is 6.09 Å². The largest absolute Gasteiger partial charge is 0.444 e. The molecule has 0 bridgehead atoms. The Morgan fingerprint density at radius 2 is 1.48 bits per heavy atom. The summed E-state index contributed by atoms with van der Waals surface area (Å²) in [6, 6.07) is 0. The Morgan fingerprint density at radius 3 is 2.00 bits per heavy atom. The summed E-state index contributed by atoms with van der Waals surface area (Å²) < 4.78 is 5.09. The van der Waals surface area contributed by atoms with Crippen LogP contribution in [0.2, 0.25) is 0 Å². The molecule has 8 nitrogen and oxygen atoms in total. The topological polar surface area (TPSA) is 96.0 Å². The van der Waals surface area contributed by atoms with Crippen LogP contribution in [0.1, 0.15) is 47.0 Å². The minimum absolute atomic E-state index is 0.00630. The van der Waals surface area contributed by atoms with Crippen LogP contribution in [0.5, 0.6) is 0 Å². The summed E-state index contributed by atoms with van der Waals surface area (Å²) in [5, 5.41) is 2.45. The summed E-state index contributed by atoms with van der Waals surface area (Å²) in [5.74, 6) is -0.270. The number of hydrogen-bond acceptors (Lipinski definition) is 5. The molecule has 0 aromatic heterocycles. The highest BCUT2D eigenvalue weighted by molar-refractivity contribution is 5.84. The molecule has 1 aliphatic rings. The third-order valence-corrected chi connectivity index (χ3v) is 3.68. The first-order valence-corrected chi connectivity index (χ1v) is 8.60. The van der Waals surface area contributed by atoms with Crippen molar-refractivity contribution in [3.8, 4) is 0 Å². The second-order valence-corrected chi connectivity index (χ2v) is 7.17. The third-order valence-electron chi connectivity index (χ3n) is 3.68. The van der Waals surface area contributed by atoms with E-state index in [9.17, 15) is 19.2 Å². The molecule has 0 aromatic rings. The smallest absolute Gasteiger partial charge is 0.408 e. The van der Waals surface area contributed by atoms with Crippen LogP contribution in [-0.4, -0.2) is 71.8 Å². The van der Waals surface area contributed by atoms with E-state index in [4.69, 9.17) is 4.74 Å². The molecule has 1 rings (SSSR count). The number of Topliss-reactive ketones (excluding diaryl/α,β-unsaturated/α-hetero) is 1. The van der Waals surface area contributed by atoms with Gasteiger partial charge in [0.05, 0.1) is 0 Å². The van der Waals surface area contributed by atoms with E-state index < -0.39 is 11.7 Å². The Bertz CT molecular complexity index is 513. The number of alkyl carbamates (subject to hydrolysis) is 1. The Kier molecular flexibility index (Phi) is 7.86. The van der Waals surface area contributed by atoms with E-state index in [1.165, 1.54) is 6.92 Å². The minimum Gasteiger partial charge on any atom is -0.444 e. The van der Waals surface area contributed by atoms with E-state index in [1.54, 1.807) is 30.6 Å². The van der Waals surface area contributed by atoms with Crippen LogP contribution in [0.4, 0.5) is 4.79 Å². The molecule has 0 aromatic carbocycles. The molecular weight excluding hydrogens is 326 g/mol. The highest BCUT2D eigenvalue weighted by Gasteiger charge is 2.23. The van der Waals surface area contributed by atoms with Crippen LogP contribution >= 0.6 is 0 Å². The Morgan fingerprint density at radius 1 is 0.920 bits per heavy atom. The molecular formula is C17H29N3O5. The van der Waals surface area contributed by atoms with Gasteiger partial charge in [-0.3, -0.25) is 9.59 Å². The van der Waals surface area contributed by atoms with Crippen molar-refractivity contribution in [2.24, 2.45) is 0 Å². The van der Waals surface area contributed by atoms with E-state index in [0.717, 1.165) is 0 Å². The molecule has 0 spiro atoms. The normalized spacial score (nSPS) is 15.4. The van der Waals surface area contributed by atoms with Gasteiger partial charge < -0.3 is 24.6 Å². The van der Waals surface area contributed by atoms with Crippen molar-refractivity contribution in [2.45, 2.75) is 52.6 Å². The molecule has 1 fully saturated rings. The molecule has 0 unspecified atom stereocenters. The first kappa shape index (κ1) is 20.9. The zero-order chi connectivity index (χ0) is 19.0. The summed E-state index contributed by atoms with van der Waals surface area (Å²) in [6.07, 6.45) is 0.502. The number of carbonyl (C=O) groups excluding carboxylic acids is 4. The summed E-state index contributed by atoms with van der Waals surface area (Å²) >= 11 is 0. The van der Waals surface area contributed by atoms with Gasteiger partial charge in [0, 0.05) is 39.0 Å². The van der Waals surface area contributed by atoms with Crippen molar-refractivity contribution >= 4 is 23.7 Å². The maximum atomic E-state index is 12.2. The van der Waals surface area contributed by atoms with Crippen molar-refractivity contribution in [3.63, 3.8) is 0 Å². The highest BCUT2D eigenvalue weighted by atomic mass is 16.6. The van der Waals surface area contributed by atoms with E-state index >= 15 is 0 Å².